The van der Waals surface area contributed by atoms with Gasteiger partial charge < -0.3 is 36.3 Å². The fourth-order valence-electron chi connectivity index (χ4n) is 7.96. The number of pyridine rings is 1. The molecule has 256 valence electrons. The number of aliphatic hydroxyl groups is 4. The van der Waals surface area contributed by atoms with Crippen molar-refractivity contribution in [2.45, 2.75) is 133 Å². The lowest BCUT2D eigenvalue weighted by Crippen LogP contribution is -2.52. The van der Waals surface area contributed by atoms with E-state index in [-0.39, 0.29) is 37.2 Å². The number of aliphatic hydroxyl groups excluding tert-OH is 2. The number of carboxylic acid groups (broad SMARTS) is 1. The summed E-state index contributed by atoms with van der Waals surface area (Å²) >= 11 is 0. The lowest BCUT2D eigenvalue weighted by Gasteiger charge is -2.40. The number of allylic oxidation sites excluding steroid dienone is 1. The van der Waals surface area contributed by atoms with E-state index in [1.807, 2.05) is 12.1 Å². The zero-order valence-electron chi connectivity index (χ0n) is 27.5. The SMILES string of the molecule is CCCCC[C@@H]1C=C[C@@H](CCCCC[C@H](C(=O)O)[C@H](O)CC[C@]2(O)C[C@H](Cc3ccnc(N)c3)C[C@@]2(O)Cc2ccc[n-]2)[C@H](O)C1. The second-order valence-corrected chi connectivity index (χ2v) is 14.2. The Labute approximate surface area is 274 Å². The average Bonchev–Trinajstić information content (AvgIpc) is 3.59. The van der Waals surface area contributed by atoms with E-state index in [0.717, 1.165) is 37.7 Å². The monoisotopic (exact) mass is 638 g/mol. The van der Waals surface area contributed by atoms with Gasteiger partial charge in [0.15, 0.2) is 0 Å². The Kier molecular flexibility index (Phi) is 13.3. The fourth-order valence-corrected chi connectivity index (χ4v) is 7.96. The summed E-state index contributed by atoms with van der Waals surface area (Å²) in [6.07, 6.45) is 17.1. The van der Waals surface area contributed by atoms with Gasteiger partial charge in [-0.2, -0.15) is 11.9 Å². The van der Waals surface area contributed by atoms with E-state index in [4.69, 9.17) is 5.73 Å². The lowest BCUT2D eigenvalue weighted by atomic mass is 9.77. The maximum Gasteiger partial charge on any atom is 0.309 e. The van der Waals surface area contributed by atoms with Crippen LogP contribution in [0, 0.1) is 23.7 Å². The van der Waals surface area contributed by atoms with Crippen LogP contribution in [0.4, 0.5) is 5.82 Å². The Balaban J connectivity index is 1.28. The Morgan fingerprint density at radius 3 is 2.54 bits per heavy atom. The Morgan fingerprint density at radius 2 is 1.85 bits per heavy atom. The molecule has 0 bridgehead atoms. The minimum absolute atomic E-state index is 0.0383. The molecule has 1 saturated carbocycles. The molecule has 2 aromatic rings. The van der Waals surface area contributed by atoms with Crippen molar-refractivity contribution in [3.8, 4) is 0 Å². The molecule has 0 unspecified atom stereocenters. The van der Waals surface area contributed by atoms with E-state index in [1.54, 1.807) is 24.5 Å². The van der Waals surface area contributed by atoms with Gasteiger partial charge in [0, 0.05) is 12.1 Å². The van der Waals surface area contributed by atoms with Gasteiger partial charge in [-0.15, -0.1) is 0 Å². The summed E-state index contributed by atoms with van der Waals surface area (Å²) in [7, 11) is 0. The largest absolute Gasteiger partial charge is 0.667 e. The highest BCUT2D eigenvalue weighted by Gasteiger charge is 2.55. The number of nitrogens with zero attached hydrogens (tertiary/aromatic N) is 2. The van der Waals surface area contributed by atoms with E-state index >= 15 is 0 Å². The van der Waals surface area contributed by atoms with Crippen molar-refractivity contribution in [1.29, 1.82) is 0 Å². The number of carbonyl (C=O) groups is 1. The highest BCUT2D eigenvalue weighted by atomic mass is 16.4. The highest BCUT2D eigenvalue weighted by Crippen LogP contribution is 2.48. The van der Waals surface area contributed by atoms with Crippen LogP contribution in [0.1, 0.15) is 108 Å². The predicted octanol–water partition coefficient (Wildman–Crippen LogP) is 5.20. The van der Waals surface area contributed by atoms with Gasteiger partial charge in [-0.05, 0) is 93.7 Å². The van der Waals surface area contributed by atoms with Crippen molar-refractivity contribution in [1.82, 2.24) is 9.97 Å². The molecule has 9 heteroatoms. The first kappa shape index (κ1) is 36.1. The topological polar surface area (TPSA) is 171 Å². The van der Waals surface area contributed by atoms with Gasteiger partial charge >= 0.3 is 5.97 Å². The van der Waals surface area contributed by atoms with Gasteiger partial charge in [0.2, 0.25) is 0 Å². The Hall–Kier alpha value is -2.72. The van der Waals surface area contributed by atoms with Gasteiger partial charge in [-0.1, -0.05) is 69.7 Å². The summed E-state index contributed by atoms with van der Waals surface area (Å²) in [5.41, 5.74) is 4.55. The zero-order chi connectivity index (χ0) is 33.2. The fraction of sp³-hybridized carbons (Fsp3) is 0.676. The van der Waals surface area contributed by atoms with Gasteiger partial charge in [-0.25, -0.2) is 4.98 Å². The molecule has 2 aliphatic carbocycles. The molecule has 0 amide bonds. The number of aliphatic carboxylic acids is 1. The number of rotatable bonds is 19. The third kappa shape index (κ3) is 9.89. The minimum atomic E-state index is -1.51. The van der Waals surface area contributed by atoms with Crippen molar-refractivity contribution < 1.29 is 30.3 Å². The van der Waals surface area contributed by atoms with Crippen LogP contribution < -0.4 is 10.7 Å². The first-order valence-corrected chi connectivity index (χ1v) is 17.5. The number of anilines is 1. The Bertz CT molecular complexity index is 1240. The summed E-state index contributed by atoms with van der Waals surface area (Å²) in [5.74, 6) is -1.00. The summed E-state index contributed by atoms with van der Waals surface area (Å²) in [6, 6.07) is 7.30. The van der Waals surface area contributed by atoms with Crippen LogP contribution in [0.15, 0.2) is 48.8 Å². The van der Waals surface area contributed by atoms with E-state index in [1.165, 1.54) is 19.3 Å². The molecule has 9 nitrogen and oxygen atoms in total. The molecule has 0 spiro atoms. The number of nitrogen functional groups attached to an aromatic ring is 1. The third-order valence-corrected chi connectivity index (χ3v) is 10.6. The smallest absolute Gasteiger partial charge is 0.309 e. The molecule has 0 aliphatic heterocycles. The molecule has 0 aromatic carbocycles. The first-order chi connectivity index (χ1) is 22.0. The maximum absolute atomic E-state index is 12.2. The molecule has 7 N–H and O–H groups in total. The minimum Gasteiger partial charge on any atom is -0.667 e. The standard InChI is InChI=1S/C37H56N3O6/c1-2-3-5-9-26-13-14-29(33(42)21-26)10-6-4-7-12-31(35(43)44)32(41)15-17-36(45)23-28(20-27-16-19-40-34(38)22-27)24-37(36,46)25-30-11-8-18-39-30/h8,11,13-14,16,18-19,22,26,28-29,31-33,41-42,45-46H,2-7,9-10,12,15,17,20-21,23-25H2,1H3,(H2,38,40)(H,43,44)/q-1/t26-,28+,29-,31+,32-,33-,36+,37-/m1/s1. The number of hydrogen-bond donors (Lipinski definition) is 6. The van der Waals surface area contributed by atoms with Crippen LogP contribution in [0.2, 0.25) is 0 Å². The van der Waals surface area contributed by atoms with Gasteiger partial charge in [0.1, 0.15) is 5.82 Å². The number of hydrogen-bond acceptors (Lipinski definition) is 7. The van der Waals surface area contributed by atoms with E-state index in [0.29, 0.717) is 49.5 Å². The summed E-state index contributed by atoms with van der Waals surface area (Å²) < 4.78 is 0. The van der Waals surface area contributed by atoms with Crippen molar-refractivity contribution in [2.75, 3.05) is 5.73 Å². The van der Waals surface area contributed by atoms with Gasteiger partial charge in [0.05, 0.1) is 29.3 Å². The summed E-state index contributed by atoms with van der Waals surface area (Å²) in [4.78, 5) is 20.5. The molecular weight excluding hydrogens is 582 g/mol. The van der Waals surface area contributed by atoms with E-state index in [2.05, 4.69) is 29.0 Å². The predicted molar refractivity (Wildman–Crippen MR) is 179 cm³/mol. The maximum atomic E-state index is 12.2. The van der Waals surface area contributed by atoms with Crippen molar-refractivity contribution in [2.24, 2.45) is 23.7 Å². The summed E-state index contributed by atoms with van der Waals surface area (Å²) in [6.45, 7) is 2.20. The van der Waals surface area contributed by atoms with Crippen LogP contribution in [0.25, 0.3) is 0 Å². The molecule has 2 heterocycles. The normalized spacial score (nSPS) is 29.2. The number of aromatic nitrogens is 2. The molecular formula is C37H56N3O6-. The molecule has 2 aliphatic rings. The first-order valence-electron chi connectivity index (χ1n) is 17.5. The van der Waals surface area contributed by atoms with Crippen molar-refractivity contribution in [3.05, 3.63) is 60.1 Å². The van der Waals surface area contributed by atoms with Crippen molar-refractivity contribution in [3.63, 3.8) is 0 Å². The number of carboxylic acids is 1. The van der Waals surface area contributed by atoms with Crippen LogP contribution >= 0.6 is 0 Å². The van der Waals surface area contributed by atoms with Gasteiger partial charge in [0.25, 0.3) is 0 Å². The number of unbranched alkanes of at least 4 members (excludes halogenated alkanes) is 4. The molecule has 1 fully saturated rings. The summed E-state index contributed by atoms with van der Waals surface area (Å²) in [5, 5.41) is 55.5. The van der Waals surface area contributed by atoms with E-state index < -0.39 is 29.2 Å². The number of nitrogens with two attached hydrogens (primary N) is 1. The molecule has 46 heavy (non-hydrogen) atoms. The van der Waals surface area contributed by atoms with E-state index in [9.17, 15) is 30.3 Å². The molecule has 0 radical (unpaired) electrons. The highest BCUT2D eigenvalue weighted by molar-refractivity contribution is 5.70. The molecule has 8 atom stereocenters. The van der Waals surface area contributed by atoms with Crippen molar-refractivity contribution >= 4 is 11.8 Å². The molecule has 0 saturated heterocycles. The van der Waals surface area contributed by atoms with Crippen LogP contribution in [-0.2, 0) is 17.6 Å². The van der Waals surface area contributed by atoms with Gasteiger partial charge in [-0.3, -0.25) is 4.79 Å². The second kappa shape index (κ2) is 16.9. The lowest BCUT2D eigenvalue weighted by molar-refractivity contribution is -0.150. The third-order valence-electron chi connectivity index (χ3n) is 10.6. The molecule has 4 rings (SSSR count). The Morgan fingerprint density at radius 1 is 1.07 bits per heavy atom. The zero-order valence-corrected chi connectivity index (χ0v) is 27.5. The van der Waals surface area contributed by atoms with Crippen LogP contribution in [0.5, 0.6) is 0 Å². The average molecular weight is 639 g/mol. The van der Waals surface area contributed by atoms with Crippen LogP contribution in [-0.4, -0.2) is 59.9 Å². The quantitative estimate of drug-likeness (QED) is 0.0893. The molecule has 2 aromatic heterocycles. The second-order valence-electron chi connectivity index (χ2n) is 14.2. The van der Waals surface area contributed by atoms with Crippen LogP contribution in [0.3, 0.4) is 0 Å².